The van der Waals surface area contributed by atoms with Crippen LogP contribution in [0.2, 0.25) is 0 Å². The van der Waals surface area contributed by atoms with Gasteiger partial charge in [0.1, 0.15) is 5.82 Å². The molecule has 0 radical (unpaired) electrons. The first kappa shape index (κ1) is 27.1. The third-order valence-electron chi connectivity index (χ3n) is 6.07. The molecule has 9 nitrogen and oxygen atoms in total. The minimum Gasteiger partial charge on any atom is -0.478 e. The molecule has 5 N–H and O–H groups in total. The predicted octanol–water partition coefficient (Wildman–Crippen LogP) is 4.35. The van der Waals surface area contributed by atoms with Gasteiger partial charge in [0.2, 0.25) is 5.95 Å². The van der Waals surface area contributed by atoms with Crippen molar-refractivity contribution in [2.24, 2.45) is 5.73 Å². The summed E-state index contributed by atoms with van der Waals surface area (Å²) in [6.07, 6.45) is -0.934. The number of ether oxygens (including phenoxy) is 1. The zero-order chi connectivity index (χ0) is 27.2. The van der Waals surface area contributed by atoms with Gasteiger partial charge in [-0.2, -0.15) is 28.1 Å². The number of hydrogen-bond donors (Lipinski definition) is 4. The maximum absolute atomic E-state index is 12.8. The second-order valence-corrected chi connectivity index (χ2v) is 9.15. The van der Waals surface area contributed by atoms with E-state index in [1.54, 1.807) is 12.1 Å². The Labute approximate surface area is 217 Å². The third kappa shape index (κ3) is 7.54. The van der Waals surface area contributed by atoms with Crippen LogP contribution < -0.4 is 21.1 Å². The SMILES string of the molecule is NCCCCNc1cccc(C2(Nc3nc(Cc4ccc(C(=O)O)cc4)nc(OCC(F)(F)F)n3)CC2)c1. The van der Waals surface area contributed by atoms with Crippen LogP contribution in [0.4, 0.5) is 24.8 Å². The second kappa shape index (κ2) is 11.6. The van der Waals surface area contributed by atoms with Crippen molar-refractivity contribution in [3.8, 4) is 6.01 Å². The number of nitrogens with zero attached hydrogens (tertiary/aromatic N) is 3. The van der Waals surface area contributed by atoms with E-state index in [4.69, 9.17) is 15.6 Å². The predicted molar refractivity (Wildman–Crippen MR) is 135 cm³/mol. The van der Waals surface area contributed by atoms with E-state index in [2.05, 4.69) is 25.6 Å². The van der Waals surface area contributed by atoms with Crippen LogP contribution >= 0.6 is 0 Å². The number of halogens is 3. The van der Waals surface area contributed by atoms with Crippen LogP contribution in [0.5, 0.6) is 6.01 Å². The quantitative estimate of drug-likeness (QED) is 0.238. The average molecular weight is 531 g/mol. The molecular weight excluding hydrogens is 501 g/mol. The molecule has 1 saturated carbocycles. The van der Waals surface area contributed by atoms with E-state index >= 15 is 0 Å². The van der Waals surface area contributed by atoms with Gasteiger partial charge in [0, 0.05) is 18.7 Å². The van der Waals surface area contributed by atoms with Crippen molar-refractivity contribution in [2.45, 2.75) is 43.8 Å². The highest BCUT2D eigenvalue weighted by Gasteiger charge is 2.45. The topological polar surface area (TPSA) is 135 Å². The van der Waals surface area contributed by atoms with Gasteiger partial charge in [-0.25, -0.2) is 4.79 Å². The fourth-order valence-corrected chi connectivity index (χ4v) is 3.95. The largest absolute Gasteiger partial charge is 0.478 e. The van der Waals surface area contributed by atoms with E-state index in [9.17, 15) is 18.0 Å². The number of carboxylic acids is 1. The van der Waals surface area contributed by atoms with Crippen molar-refractivity contribution < 1.29 is 27.8 Å². The first-order valence-electron chi connectivity index (χ1n) is 12.3. The number of aromatic nitrogens is 3. The molecule has 38 heavy (non-hydrogen) atoms. The molecule has 2 aromatic carbocycles. The van der Waals surface area contributed by atoms with Gasteiger partial charge in [0.25, 0.3) is 0 Å². The van der Waals surface area contributed by atoms with E-state index in [1.165, 1.54) is 12.1 Å². The monoisotopic (exact) mass is 530 g/mol. The molecule has 0 atom stereocenters. The zero-order valence-electron chi connectivity index (χ0n) is 20.6. The molecule has 1 aliphatic carbocycles. The number of rotatable bonds is 13. The summed E-state index contributed by atoms with van der Waals surface area (Å²) >= 11 is 0. The number of benzene rings is 2. The lowest BCUT2D eigenvalue weighted by Crippen LogP contribution is -2.23. The number of carbonyl (C=O) groups is 1. The summed E-state index contributed by atoms with van der Waals surface area (Å²) in [5.41, 5.74) is 7.86. The third-order valence-corrected chi connectivity index (χ3v) is 6.07. The van der Waals surface area contributed by atoms with Gasteiger partial charge in [-0.15, -0.1) is 0 Å². The highest BCUT2D eigenvalue weighted by atomic mass is 19.4. The fourth-order valence-electron chi connectivity index (χ4n) is 3.95. The molecule has 1 fully saturated rings. The standard InChI is InChI=1S/C26H29F3N6O3/c27-26(28,29)16-38-24-33-21(14-17-6-8-18(9-7-17)22(36)37)32-23(34-24)35-25(10-11-25)19-4-3-5-20(15-19)31-13-2-1-12-30/h3-9,15,31H,1-2,10-14,16,30H2,(H,36,37)(H,32,33,34,35). The summed E-state index contributed by atoms with van der Waals surface area (Å²) in [7, 11) is 0. The van der Waals surface area contributed by atoms with Crippen molar-refractivity contribution >= 4 is 17.6 Å². The molecule has 0 aliphatic heterocycles. The Bertz CT molecular complexity index is 1250. The lowest BCUT2D eigenvalue weighted by molar-refractivity contribution is -0.154. The molecule has 0 saturated heterocycles. The number of unbranched alkanes of at least 4 members (excludes halogenated alkanes) is 1. The number of anilines is 2. The van der Waals surface area contributed by atoms with Gasteiger partial charge in [0.15, 0.2) is 6.61 Å². The highest BCUT2D eigenvalue weighted by Crippen LogP contribution is 2.48. The van der Waals surface area contributed by atoms with E-state index in [0.717, 1.165) is 43.5 Å². The molecule has 0 unspecified atom stereocenters. The van der Waals surface area contributed by atoms with Gasteiger partial charge in [0.05, 0.1) is 11.1 Å². The minimum absolute atomic E-state index is 0.105. The lowest BCUT2D eigenvalue weighted by atomic mass is 10.0. The normalized spacial score (nSPS) is 14.1. The summed E-state index contributed by atoms with van der Waals surface area (Å²) in [6, 6.07) is 13.6. The fraction of sp³-hybridized carbons (Fsp3) is 0.385. The van der Waals surface area contributed by atoms with Gasteiger partial charge in [-0.1, -0.05) is 24.3 Å². The molecule has 1 heterocycles. The van der Waals surface area contributed by atoms with Crippen molar-refractivity contribution in [3.63, 3.8) is 0 Å². The number of alkyl halides is 3. The van der Waals surface area contributed by atoms with Crippen LogP contribution in [0.3, 0.4) is 0 Å². The number of nitrogens with two attached hydrogens (primary N) is 1. The highest BCUT2D eigenvalue weighted by molar-refractivity contribution is 5.87. The minimum atomic E-state index is -4.55. The zero-order valence-corrected chi connectivity index (χ0v) is 20.6. The summed E-state index contributed by atoms with van der Waals surface area (Å²) in [5.74, 6) is -0.766. The molecule has 1 aromatic heterocycles. The van der Waals surface area contributed by atoms with Crippen LogP contribution in [0.1, 0.15) is 53.0 Å². The number of hydrogen-bond acceptors (Lipinski definition) is 8. The molecule has 3 aromatic rings. The molecule has 4 rings (SSSR count). The number of nitrogens with one attached hydrogen (secondary N) is 2. The van der Waals surface area contributed by atoms with Crippen LogP contribution in [-0.2, 0) is 12.0 Å². The Morgan fingerprint density at radius 2 is 1.84 bits per heavy atom. The van der Waals surface area contributed by atoms with E-state index in [-0.39, 0.29) is 23.8 Å². The van der Waals surface area contributed by atoms with E-state index in [1.807, 2.05) is 24.3 Å². The number of carboxylic acid groups (broad SMARTS) is 1. The molecule has 0 spiro atoms. The van der Waals surface area contributed by atoms with Crippen molar-refractivity contribution in [1.29, 1.82) is 0 Å². The van der Waals surface area contributed by atoms with Crippen LogP contribution in [-0.4, -0.2) is 51.9 Å². The van der Waals surface area contributed by atoms with Crippen molar-refractivity contribution in [2.75, 3.05) is 30.3 Å². The van der Waals surface area contributed by atoms with Crippen LogP contribution in [0.15, 0.2) is 48.5 Å². The maximum atomic E-state index is 12.8. The average Bonchev–Trinajstić information content (AvgIpc) is 3.66. The summed E-state index contributed by atoms with van der Waals surface area (Å²) < 4.78 is 43.2. The van der Waals surface area contributed by atoms with Gasteiger partial charge in [-0.3, -0.25) is 0 Å². The molecular formula is C26H29F3N6O3. The first-order chi connectivity index (χ1) is 18.2. The summed E-state index contributed by atoms with van der Waals surface area (Å²) in [4.78, 5) is 23.7. The molecule has 0 bridgehead atoms. The maximum Gasteiger partial charge on any atom is 0.422 e. The van der Waals surface area contributed by atoms with E-state index in [0.29, 0.717) is 12.1 Å². The smallest absolute Gasteiger partial charge is 0.422 e. The van der Waals surface area contributed by atoms with Gasteiger partial charge < -0.3 is 26.2 Å². The molecule has 0 amide bonds. The molecule has 202 valence electrons. The Morgan fingerprint density at radius 1 is 1.08 bits per heavy atom. The van der Waals surface area contributed by atoms with Crippen molar-refractivity contribution in [3.05, 3.63) is 71.0 Å². The summed E-state index contributed by atoms with van der Waals surface area (Å²) in [6.45, 7) is -0.0948. The Kier molecular flexibility index (Phi) is 8.30. The Balaban J connectivity index is 1.54. The van der Waals surface area contributed by atoms with Gasteiger partial charge in [-0.05, 0) is 67.6 Å². The van der Waals surface area contributed by atoms with E-state index < -0.39 is 30.3 Å². The first-order valence-corrected chi connectivity index (χ1v) is 12.3. The van der Waals surface area contributed by atoms with Crippen LogP contribution in [0, 0.1) is 0 Å². The molecule has 12 heteroatoms. The molecule has 1 aliphatic rings. The van der Waals surface area contributed by atoms with Crippen LogP contribution in [0.25, 0.3) is 0 Å². The summed E-state index contributed by atoms with van der Waals surface area (Å²) in [5, 5.41) is 15.8. The lowest BCUT2D eigenvalue weighted by Gasteiger charge is -2.20. The second-order valence-electron chi connectivity index (χ2n) is 9.15. The number of aromatic carboxylic acids is 1. The Morgan fingerprint density at radius 3 is 2.50 bits per heavy atom. The Hall–Kier alpha value is -3.93. The van der Waals surface area contributed by atoms with Crippen molar-refractivity contribution in [1.82, 2.24) is 15.0 Å². The van der Waals surface area contributed by atoms with Gasteiger partial charge >= 0.3 is 18.2 Å².